The van der Waals surface area contributed by atoms with E-state index in [1.165, 1.54) is 10.9 Å². The van der Waals surface area contributed by atoms with Crippen LogP contribution in [0.3, 0.4) is 0 Å². The predicted molar refractivity (Wildman–Crippen MR) is 47.4 cm³/mol. The third-order valence-corrected chi connectivity index (χ3v) is 2.13. The lowest BCUT2D eigenvalue weighted by molar-refractivity contribution is 0.162. The zero-order valence-electron chi connectivity index (χ0n) is 7.47. The van der Waals surface area contributed by atoms with Crippen LogP contribution < -0.4 is 5.32 Å². The molecule has 5 heteroatoms. The Morgan fingerprint density at radius 1 is 1.62 bits per heavy atom. The molecule has 0 spiro atoms. The number of imidazole rings is 1. The molecule has 1 saturated heterocycles. The van der Waals surface area contributed by atoms with Crippen molar-refractivity contribution in [3.63, 3.8) is 0 Å². The van der Waals surface area contributed by atoms with Crippen molar-refractivity contribution in [3.8, 4) is 0 Å². The second-order valence-corrected chi connectivity index (χ2v) is 3.34. The van der Waals surface area contributed by atoms with Crippen LogP contribution in [0.2, 0.25) is 0 Å². The zero-order chi connectivity index (χ0) is 9.26. The molecule has 5 nitrogen and oxygen atoms in total. The molecule has 2 heterocycles. The van der Waals surface area contributed by atoms with Crippen molar-refractivity contribution in [1.82, 2.24) is 19.8 Å². The van der Waals surface area contributed by atoms with Gasteiger partial charge in [-0.3, -0.25) is 4.57 Å². The van der Waals surface area contributed by atoms with E-state index < -0.39 is 0 Å². The first-order valence-electron chi connectivity index (χ1n) is 4.23. The molecule has 0 bridgehead atoms. The van der Waals surface area contributed by atoms with E-state index in [0.29, 0.717) is 6.04 Å². The minimum absolute atomic E-state index is 0.101. The normalized spacial score (nSPS) is 18.2. The third kappa shape index (κ3) is 1.70. The summed E-state index contributed by atoms with van der Waals surface area (Å²) in [5, 5.41) is 2.89. The minimum atomic E-state index is -0.101. The van der Waals surface area contributed by atoms with Crippen LogP contribution in [0.1, 0.15) is 0 Å². The molecule has 70 valence electrons. The summed E-state index contributed by atoms with van der Waals surface area (Å²) in [7, 11) is 2.03. The molecule has 1 aromatic rings. The first-order valence-corrected chi connectivity index (χ1v) is 4.23. The molecular formula is C8H12N4O. The van der Waals surface area contributed by atoms with Crippen LogP contribution in [0, 0.1) is 0 Å². The van der Waals surface area contributed by atoms with Crippen molar-refractivity contribution in [1.29, 1.82) is 0 Å². The molecule has 0 aliphatic carbocycles. The number of amides is 1. The molecular weight excluding hydrogens is 168 g/mol. The van der Waals surface area contributed by atoms with E-state index in [4.69, 9.17) is 0 Å². The summed E-state index contributed by atoms with van der Waals surface area (Å²) in [5.41, 5.74) is 0. The first kappa shape index (κ1) is 8.25. The number of nitrogens with one attached hydrogen (secondary N) is 1. The van der Waals surface area contributed by atoms with Gasteiger partial charge in [-0.25, -0.2) is 9.78 Å². The Balaban J connectivity index is 1.86. The molecule has 1 fully saturated rings. The van der Waals surface area contributed by atoms with Gasteiger partial charge in [-0.2, -0.15) is 0 Å². The quantitative estimate of drug-likeness (QED) is 0.648. The monoisotopic (exact) mass is 180 g/mol. The lowest BCUT2D eigenvalue weighted by Gasteiger charge is -2.36. The number of likely N-dealkylation sites (tertiary alicyclic amines) is 1. The Bertz CT molecular complexity index is 289. The Kier molecular flexibility index (Phi) is 2.02. The van der Waals surface area contributed by atoms with Crippen molar-refractivity contribution in [2.75, 3.05) is 20.1 Å². The number of carbonyl (C=O) groups excluding carboxylic acids is 1. The van der Waals surface area contributed by atoms with Gasteiger partial charge in [0.1, 0.15) is 6.33 Å². The van der Waals surface area contributed by atoms with Gasteiger partial charge in [0.25, 0.3) is 0 Å². The van der Waals surface area contributed by atoms with Gasteiger partial charge in [0.2, 0.25) is 0 Å². The van der Waals surface area contributed by atoms with Crippen LogP contribution in [0.4, 0.5) is 4.79 Å². The minimum Gasteiger partial charge on any atom is -0.332 e. The number of likely N-dealkylation sites (N-methyl/N-ethyl adjacent to an activating group) is 1. The average molecular weight is 180 g/mol. The summed E-state index contributed by atoms with van der Waals surface area (Å²) < 4.78 is 1.44. The van der Waals surface area contributed by atoms with E-state index in [2.05, 4.69) is 15.2 Å². The Hall–Kier alpha value is -1.36. The molecule has 0 aromatic carbocycles. The summed E-state index contributed by atoms with van der Waals surface area (Å²) in [6, 6.07) is 0.190. The summed E-state index contributed by atoms with van der Waals surface area (Å²) >= 11 is 0. The van der Waals surface area contributed by atoms with E-state index in [-0.39, 0.29) is 6.03 Å². The van der Waals surface area contributed by atoms with Crippen molar-refractivity contribution in [2.24, 2.45) is 0 Å². The maximum absolute atomic E-state index is 11.4. The van der Waals surface area contributed by atoms with Crippen LogP contribution in [-0.4, -0.2) is 46.7 Å². The number of carbonyl (C=O) groups is 1. The molecule has 1 N–H and O–H groups in total. The van der Waals surface area contributed by atoms with E-state index >= 15 is 0 Å². The van der Waals surface area contributed by atoms with Crippen LogP contribution in [-0.2, 0) is 0 Å². The van der Waals surface area contributed by atoms with Crippen LogP contribution >= 0.6 is 0 Å². The molecule has 1 aliphatic heterocycles. The molecule has 1 aromatic heterocycles. The predicted octanol–water partition coefficient (Wildman–Crippen LogP) is -0.245. The molecule has 2 rings (SSSR count). The fourth-order valence-electron chi connectivity index (χ4n) is 1.42. The Morgan fingerprint density at radius 2 is 2.38 bits per heavy atom. The highest BCUT2D eigenvalue weighted by Crippen LogP contribution is 2.03. The Labute approximate surface area is 76.4 Å². The maximum atomic E-state index is 11.4. The molecule has 1 amide bonds. The standard InChI is InChI=1S/C8H12N4O/c1-11-4-7(5-11)10-8(13)12-3-2-9-6-12/h2-3,6-7H,4-5H2,1H3,(H,10,13). The van der Waals surface area contributed by atoms with Crippen molar-refractivity contribution < 1.29 is 4.79 Å². The lowest BCUT2D eigenvalue weighted by Crippen LogP contribution is -2.58. The number of nitrogens with zero attached hydrogens (tertiary/aromatic N) is 3. The zero-order valence-corrected chi connectivity index (χ0v) is 7.47. The highest BCUT2D eigenvalue weighted by Gasteiger charge is 2.24. The van der Waals surface area contributed by atoms with Gasteiger partial charge in [-0.15, -0.1) is 0 Å². The molecule has 13 heavy (non-hydrogen) atoms. The molecule has 0 unspecified atom stereocenters. The van der Waals surface area contributed by atoms with Crippen molar-refractivity contribution in [2.45, 2.75) is 6.04 Å². The van der Waals surface area contributed by atoms with E-state index in [9.17, 15) is 4.79 Å². The number of rotatable bonds is 1. The van der Waals surface area contributed by atoms with Gasteiger partial charge in [0.05, 0.1) is 6.04 Å². The molecule has 0 radical (unpaired) electrons. The fourth-order valence-corrected chi connectivity index (χ4v) is 1.42. The maximum Gasteiger partial charge on any atom is 0.327 e. The summed E-state index contributed by atoms with van der Waals surface area (Å²) in [5.74, 6) is 0. The van der Waals surface area contributed by atoms with Gasteiger partial charge < -0.3 is 10.2 Å². The second-order valence-electron chi connectivity index (χ2n) is 3.34. The Morgan fingerprint density at radius 3 is 2.92 bits per heavy atom. The van der Waals surface area contributed by atoms with Gasteiger partial charge in [0.15, 0.2) is 0 Å². The first-order chi connectivity index (χ1) is 6.25. The van der Waals surface area contributed by atoms with Crippen molar-refractivity contribution in [3.05, 3.63) is 18.7 Å². The molecule has 0 saturated carbocycles. The highest BCUT2D eigenvalue weighted by atomic mass is 16.2. The smallest absolute Gasteiger partial charge is 0.327 e. The van der Waals surface area contributed by atoms with Crippen LogP contribution in [0.5, 0.6) is 0 Å². The van der Waals surface area contributed by atoms with E-state index in [1.54, 1.807) is 12.4 Å². The topological polar surface area (TPSA) is 50.2 Å². The van der Waals surface area contributed by atoms with E-state index in [1.807, 2.05) is 7.05 Å². The average Bonchev–Trinajstić information content (AvgIpc) is 2.53. The third-order valence-electron chi connectivity index (χ3n) is 2.13. The highest BCUT2D eigenvalue weighted by molar-refractivity contribution is 5.76. The summed E-state index contributed by atoms with van der Waals surface area (Å²) in [4.78, 5) is 17.4. The molecule has 0 atom stereocenters. The lowest BCUT2D eigenvalue weighted by atomic mass is 10.1. The van der Waals surface area contributed by atoms with E-state index in [0.717, 1.165) is 13.1 Å². The molecule has 1 aliphatic rings. The second kappa shape index (κ2) is 3.18. The van der Waals surface area contributed by atoms with Crippen LogP contribution in [0.25, 0.3) is 0 Å². The van der Waals surface area contributed by atoms with Gasteiger partial charge >= 0.3 is 6.03 Å². The largest absolute Gasteiger partial charge is 0.332 e. The SMILES string of the molecule is CN1CC(NC(=O)n2ccnc2)C1. The number of hydrogen-bond donors (Lipinski definition) is 1. The van der Waals surface area contributed by atoms with Crippen LogP contribution in [0.15, 0.2) is 18.7 Å². The van der Waals surface area contributed by atoms with Gasteiger partial charge in [0, 0.05) is 25.5 Å². The summed E-state index contributed by atoms with van der Waals surface area (Å²) in [6.07, 6.45) is 4.72. The fraction of sp³-hybridized carbons (Fsp3) is 0.500. The summed E-state index contributed by atoms with van der Waals surface area (Å²) in [6.45, 7) is 1.86. The number of hydrogen-bond acceptors (Lipinski definition) is 3. The van der Waals surface area contributed by atoms with Gasteiger partial charge in [-0.1, -0.05) is 0 Å². The van der Waals surface area contributed by atoms with Crippen molar-refractivity contribution >= 4 is 6.03 Å². The van der Waals surface area contributed by atoms with Gasteiger partial charge in [-0.05, 0) is 7.05 Å². The number of aromatic nitrogens is 2.